The van der Waals surface area contributed by atoms with Crippen molar-refractivity contribution in [3.05, 3.63) is 102 Å². The van der Waals surface area contributed by atoms with E-state index in [1.807, 2.05) is 12.4 Å². The Morgan fingerprint density at radius 3 is 1.83 bits per heavy atom. The quantitative estimate of drug-likeness (QED) is 0.667. The van der Waals surface area contributed by atoms with Gasteiger partial charge in [0.1, 0.15) is 0 Å². The van der Waals surface area contributed by atoms with Crippen molar-refractivity contribution in [2.75, 3.05) is 6.54 Å². The summed E-state index contributed by atoms with van der Waals surface area (Å²) in [5.74, 6) is 0.421. The molecule has 0 aliphatic heterocycles. The molecule has 2 nitrogen and oxygen atoms in total. The van der Waals surface area contributed by atoms with Gasteiger partial charge in [0.05, 0.1) is 0 Å². The molecule has 0 amide bonds. The van der Waals surface area contributed by atoms with E-state index in [0.29, 0.717) is 12.0 Å². The van der Waals surface area contributed by atoms with Crippen LogP contribution in [0.5, 0.6) is 0 Å². The maximum Gasteiger partial charge on any atom is 0.0292 e. The highest BCUT2D eigenvalue weighted by Gasteiger charge is 2.14. The molecule has 0 saturated carbocycles. The van der Waals surface area contributed by atoms with Crippen molar-refractivity contribution in [3.63, 3.8) is 0 Å². The van der Waals surface area contributed by atoms with Gasteiger partial charge in [-0.3, -0.25) is 4.98 Å². The Labute approximate surface area is 144 Å². The zero-order chi connectivity index (χ0) is 16.6. The predicted octanol–water partition coefficient (Wildman–Crippen LogP) is 4.95. The molecule has 2 heteroatoms. The fourth-order valence-corrected chi connectivity index (χ4v) is 3.11. The molecular formula is C22H24N2. The van der Waals surface area contributed by atoms with E-state index in [-0.39, 0.29) is 0 Å². The average molecular weight is 316 g/mol. The zero-order valence-corrected chi connectivity index (χ0v) is 14.1. The molecule has 24 heavy (non-hydrogen) atoms. The largest absolute Gasteiger partial charge is 0.310 e. The summed E-state index contributed by atoms with van der Waals surface area (Å²) in [6, 6.07) is 26.0. The molecule has 0 aliphatic rings. The van der Waals surface area contributed by atoms with Crippen LogP contribution < -0.4 is 5.32 Å². The van der Waals surface area contributed by atoms with Gasteiger partial charge in [-0.2, -0.15) is 0 Å². The second kappa shape index (κ2) is 8.42. The molecule has 1 aromatic heterocycles. The Morgan fingerprint density at radius 2 is 1.29 bits per heavy atom. The van der Waals surface area contributed by atoms with Crippen molar-refractivity contribution in [1.82, 2.24) is 10.3 Å². The second-order valence-corrected chi connectivity index (χ2v) is 6.12. The van der Waals surface area contributed by atoms with Crippen LogP contribution in [-0.2, 0) is 0 Å². The van der Waals surface area contributed by atoms with Crippen LogP contribution in [0.2, 0.25) is 0 Å². The monoisotopic (exact) mass is 316 g/mol. The van der Waals surface area contributed by atoms with Crippen molar-refractivity contribution in [3.8, 4) is 0 Å². The van der Waals surface area contributed by atoms with Crippen LogP contribution in [0.1, 0.15) is 42.0 Å². The number of nitrogens with zero attached hydrogens (tertiary/aromatic N) is 1. The average Bonchev–Trinajstić information content (AvgIpc) is 2.67. The molecule has 1 heterocycles. The van der Waals surface area contributed by atoms with Gasteiger partial charge < -0.3 is 5.32 Å². The van der Waals surface area contributed by atoms with Crippen molar-refractivity contribution < 1.29 is 0 Å². The van der Waals surface area contributed by atoms with E-state index in [2.05, 4.69) is 90.0 Å². The molecule has 0 fully saturated rings. The van der Waals surface area contributed by atoms with Gasteiger partial charge in [0, 0.05) is 24.4 Å². The van der Waals surface area contributed by atoms with Crippen LogP contribution in [0.25, 0.3) is 0 Å². The van der Waals surface area contributed by atoms with Crippen molar-refractivity contribution in [2.24, 2.45) is 0 Å². The molecule has 3 aromatic rings. The lowest BCUT2D eigenvalue weighted by molar-refractivity contribution is 0.540. The molecule has 0 aliphatic carbocycles. The highest BCUT2D eigenvalue weighted by Crippen LogP contribution is 2.27. The number of benzene rings is 2. The Kier molecular flexibility index (Phi) is 5.75. The van der Waals surface area contributed by atoms with E-state index in [1.54, 1.807) is 0 Å². The van der Waals surface area contributed by atoms with Gasteiger partial charge in [0.15, 0.2) is 0 Å². The number of pyridine rings is 1. The minimum atomic E-state index is 0.334. The molecule has 3 rings (SSSR count). The first-order chi connectivity index (χ1) is 11.8. The van der Waals surface area contributed by atoms with Crippen molar-refractivity contribution in [2.45, 2.75) is 25.3 Å². The number of aromatic nitrogens is 1. The van der Waals surface area contributed by atoms with Crippen LogP contribution >= 0.6 is 0 Å². The van der Waals surface area contributed by atoms with Crippen LogP contribution in [0.15, 0.2) is 85.2 Å². The summed E-state index contributed by atoms with van der Waals surface area (Å²) < 4.78 is 0. The van der Waals surface area contributed by atoms with E-state index in [4.69, 9.17) is 0 Å². The van der Waals surface area contributed by atoms with E-state index in [0.717, 1.165) is 13.0 Å². The lowest BCUT2D eigenvalue weighted by Crippen LogP contribution is -2.21. The molecular weight excluding hydrogens is 292 g/mol. The highest BCUT2D eigenvalue weighted by atomic mass is 14.9. The maximum absolute atomic E-state index is 4.09. The topological polar surface area (TPSA) is 24.9 Å². The minimum absolute atomic E-state index is 0.334. The Balaban J connectivity index is 1.67. The number of rotatable bonds is 7. The minimum Gasteiger partial charge on any atom is -0.310 e. The lowest BCUT2D eigenvalue weighted by Gasteiger charge is -2.20. The lowest BCUT2D eigenvalue weighted by atomic mass is 9.88. The van der Waals surface area contributed by atoms with Gasteiger partial charge in [-0.1, -0.05) is 60.7 Å². The predicted molar refractivity (Wildman–Crippen MR) is 100.0 cm³/mol. The fourth-order valence-electron chi connectivity index (χ4n) is 3.11. The first-order valence-corrected chi connectivity index (χ1v) is 8.58. The summed E-state index contributed by atoms with van der Waals surface area (Å²) in [4.78, 5) is 4.09. The first kappa shape index (κ1) is 16.4. The third-order valence-electron chi connectivity index (χ3n) is 4.49. The van der Waals surface area contributed by atoms with Gasteiger partial charge >= 0.3 is 0 Å². The summed E-state index contributed by atoms with van der Waals surface area (Å²) in [7, 11) is 0. The maximum atomic E-state index is 4.09. The first-order valence-electron chi connectivity index (χ1n) is 8.58. The molecule has 0 radical (unpaired) electrons. The van der Waals surface area contributed by atoms with E-state index in [1.165, 1.54) is 16.7 Å². The van der Waals surface area contributed by atoms with Crippen LogP contribution in [0.3, 0.4) is 0 Å². The van der Waals surface area contributed by atoms with Crippen molar-refractivity contribution >= 4 is 0 Å². The molecule has 122 valence electrons. The van der Waals surface area contributed by atoms with Gasteiger partial charge in [0.25, 0.3) is 0 Å². The van der Waals surface area contributed by atoms with Crippen LogP contribution in [0.4, 0.5) is 0 Å². The van der Waals surface area contributed by atoms with Gasteiger partial charge in [-0.05, 0) is 48.7 Å². The van der Waals surface area contributed by atoms with Gasteiger partial charge in [-0.25, -0.2) is 0 Å². The van der Waals surface area contributed by atoms with Crippen LogP contribution in [-0.4, -0.2) is 11.5 Å². The number of hydrogen-bond acceptors (Lipinski definition) is 2. The van der Waals surface area contributed by atoms with Gasteiger partial charge in [0.2, 0.25) is 0 Å². The Bertz CT molecular complexity index is 671. The zero-order valence-electron chi connectivity index (χ0n) is 14.1. The third-order valence-corrected chi connectivity index (χ3v) is 4.49. The highest BCUT2D eigenvalue weighted by molar-refractivity contribution is 5.32. The van der Waals surface area contributed by atoms with Gasteiger partial charge in [-0.15, -0.1) is 0 Å². The molecule has 0 spiro atoms. The second-order valence-electron chi connectivity index (χ2n) is 6.12. The summed E-state index contributed by atoms with van der Waals surface area (Å²) >= 11 is 0. The Hall–Kier alpha value is -2.45. The fraction of sp³-hybridized carbons (Fsp3) is 0.227. The SMILES string of the molecule is CC(NCCC(c1ccccc1)c1ccccc1)c1ccncc1. The molecule has 1 atom stereocenters. The number of hydrogen-bond donors (Lipinski definition) is 1. The summed E-state index contributed by atoms with van der Waals surface area (Å²) in [6.07, 6.45) is 4.78. The molecule has 1 N–H and O–H groups in total. The summed E-state index contributed by atoms with van der Waals surface area (Å²) in [5.41, 5.74) is 4.03. The summed E-state index contributed by atoms with van der Waals surface area (Å²) in [6.45, 7) is 3.17. The Morgan fingerprint density at radius 1 is 0.750 bits per heavy atom. The van der Waals surface area contributed by atoms with E-state index in [9.17, 15) is 0 Å². The van der Waals surface area contributed by atoms with Crippen molar-refractivity contribution in [1.29, 1.82) is 0 Å². The van der Waals surface area contributed by atoms with E-state index >= 15 is 0 Å². The summed E-state index contributed by atoms with van der Waals surface area (Å²) in [5, 5.41) is 3.64. The standard InChI is InChI=1S/C22H24N2/c1-18(19-12-15-23-16-13-19)24-17-14-22(20-8-4-2-5-9-20)21-10-6-3-7-11-21/h2-13,15-16,18,22,24H,14,17H2,1H3. The smallest absolute Gasteiger partial charge is 0.0292 e. The van der Waals surface area contributed by atoms with Crippen LogP contribution in [0, 0.1) is 0 Å². The molecule has 1 unspecified atom stereocenters. The third kappa shape index (κ3) is 4.30. The number of nitrogens with one attached hydrogen (secondary N) is 1. The van der Waals surface area contributed by atoms with E-state index < -0.39 is 0 Å². The molecule has 0 bridgehead atoms. The molecule has 0 saturated heterocycles. The molecule has 2 aromatic carbocycles. The normalized spacial score (nSPS) is 12.2.